The minimum atomic E-state index is -4.26. The van der Waals surface area contributed by atoms with Crippen LogP contribution in [0.2, 0.25) is 0 Å². The average molecular weight is 268 g/mol. The molecule has 0 saturated carbocycles. The molecule has 0 saturated heterocycles. The van der Waals surface area contributed by atoms with Gasteiger partial charge in [-0.15, -0.1) is 0 Å². The molecule has 0 spiro atoms. The number of rotatable bonds is 5. The van der Waals surface area contributed by atoms with Gasteiger partial charge in [-0.2, -0.15) is 18.3 Å². The molecule has 0 aliphatic heterocycles. The van der Waals surface area contributed by atoms with Crippen LogP contribution in [0.4, 0.5) is 18.9 Å². The summed E-state index contributed by atoms with van der Waals surface area (Å²) in [5.41, 5.74) is 1.54. The fourth-order valence-electron chi connectivity index (χ4n) is 1.03. The molecule has 0 aliphatic carbocycles. The number of alkyl halides is 3. The van der Waals surface area contributed by atoms with Crippen LogP contribution in [0.25, 0.3) is 0 Å². The molecule has 17 heavy (non-hydrogen) atoms. The van der Waals surface area contributed by atoms with Gasteiger partial charge in [-0.3, -0.25) is 9.48 Å². The zero-order chi connectivity index (χ0) is 12.9. The molecule has 3 N–H and O–H groups in total. The van der Waals surface area contributed by atoms with Gasteiger partial charge in [0.1, 0.15) is 6.54 Å². The lowest BCUT2D eigenvalue weighted by molar-refractivity contribution is -0.121. The number of hydrogen-bond donors (Lipinski definition) is 2. The number of aromatic nitrogens is 2. The number of thioether (sulfide) groups is 1. The summed E-state index contributed by atoms with van der Waals surface area (Å²) in [5, 5.41) is 6.12. The highest BCUT2D eigenvalue weighted by atomic mass is 32.2. The Morgan fingerprint density at radius 3 is 2.82 bits per heavy atom. The fraction of sp³-hybridized carbons (Fsp3) is 0.500. The van der Waals surface area contributed by atoms with Crippen molar-refractivity contribution in [2.75, 3.05) is 18.0 Å². The summed E-state index contributed by atoms with van der Waals surface area (Å²) in [4.78, 5) is 11.2. The third-order valence-corrected chi connectivity index (χ3v) is 2.38. The Balaban J connectivity index is 2.18. The van der Waals surface area contributed by atoms with Crippen LogP contribution in [0, 0.1) is 0 Å². The maximum Gasteiger partial charge on any atom is 0.441 e. The second kappa shape index (κ2) is 5.80. The smallest absolute Gasteiger partial charge is 0.396 e. The lowest BCUT2D eigenvalue weighted by Gasteiger charge is -2.07. The first-order chi connectivity index (χ1) is 7.87. The van der Waals surface area contributed by atoms with E-state index in [1.807, 2.05) is 0 Å². The number of nitrogens with two attached hydrogens (primary N) is 1. The van der Waals surface area contributed by atoms with Crippen LogP contribution in [-0.4, -0.2) is 33.5 Å². The molecule has 1 aromatic heterocycles. The van der Waals surface area contributed by atoms with E-state index in [9.17, 15) is 18.0 Å². The number of anilines is 1. The fourth-order valence-corrected chi connectivity index (χ4v) is 1.46. The Labute approximate surface area is 99.5 Å². The van der Waals surface area contributed by atoms with Gasteiger partial charge in [-0.1, -0.05) is 0 Å². The number of nitrogens with one attached hydrogen (secondary N) is 1. The molecule has 0 radical (unpaired) electrons. The summed E-state index contributed by atoms with van der Waals surface area (Å²) in [6.07, 6.45) is 2.84. The Kier molecular flexibility index (Phi) is 4.67. The Hall–Kier alpha value is -1.38. The Bertz CT molecular complexity index is 379. The minimum Gasteiger partial charge on any atom is -0.396 e. The number of halogens is 3. The van der Waals surface area contributed by atoms with Gasteiger partial charge < -0.3 is 11.1 Å². The highest BCUT2D eigenvalue weighted by molar-refractivity contribution is 8.00. The topological polar surface area (TPSA) is 72.9 Å². The highest BCUT2D eigenvalue weighted by Crippen LogP contribution is 2.29. The normalized spacial score (nSPS) is 11.5. The molecule has 0 fully saturated rings. The van der Waals surface area contributed by atoms with E-state index < -0.39 is 11.4 Å². The standard InChI is InChI=1S/C8H11F3N4OS/c9-8(10,11)17-2-1-13-7(16)5-15-4-6(12)3-14-15/h3-4H,1-2,5,12H2,(H,13,16). The van der Waals surface area contributed by atoms with Gasteiger partial charge in [0.2, 0.25) is 5.91 Å². The van der Waals surface area contributed by atoms with Gasteiger partial charge in [-0.25, -0.2) is 0 Å². The number of nitrogen functional groups attached to an aromatic ring is 1. The van der Waals surface area contributed by atoms with Gasteiger partial charge in [0.05, 0.1) is 11.9 Å². The van der Waals surface area contributed by atoms with Gasteiger partial charge in [0.25, 0.3) is 0 Å². The monoisotopic (exact) mass is 268 g/mol. The summed E-state index contributed by atoms with van der Waals surface area (Å²) in [7, 11) is 0. The largest absolute Gasteiger partial charge is 0.441 e. The van der Waals surface area contributed by atoms with E-state index in [-0.39, 0.29) is 30.6 Å². The van der Waals surface area contributed by atoms with Gasteiger partial charge in [-0.05, 0) is 11.8 Å². The first-order valence-corrected chi connectivity index (χ1v) is 5.61. The van der Waals surface area contributed by atoms with E-state index in [4.69, 9.17) is 5.73 Å². The first kappa shape index (κ1) is 13.7. The Morgan fingerprint density at radius 2 is 2.29 bits per heavy atom. The molecule has 1 rings (SSSR count). The SMILES string of the molecule is Nc1cnn(CC(=O)NCCSC(F)(F)F)c1. The lowest BCUT2D eigenvalue weighted by Crippen LogP contribution is -2.30. The van der Waals surface area contributed by atoms with Gasteiger partial charge in [0.15, 0.2) is 0 Å². The summed E-state index contributed by atoms with van der Waals surface area (Å²) < 4.78 is 36.6. The number of hydrogen-bond acceptors (Lipinski definition) is 4. The molecule has 1 heterocycles. The van der Waals surface area contributed by atoms with Crippen molar-refractivity contribution in [2.45, 2.75) is 12.1 Å². The van der Waals surface area contributed by atoms with Gasteiger partial charge >= 0.3 is 5.51 Å². The molecule has 96 valence electrons. The van der Waals surface area contributed by atoms with E-state index in [1.54, 1.807) is 0 Å². The third-order valence-electron chi connectivity index (χ3n) is 1.65. The summed E-state index contributed by atoms with van der Waals surface area (Å²) in [6, 6.07) is 0. The van der Waals surface area contributed by atoms with Crippen molar-refractivity contribution < 1.29 is 18.0 Å². The minimum absolute atomic E-state index is 0.0419. The predicted octanol–water partition coefficient (Wildman–Crippen LogP) is 0.834. The Morgan fingerprint density at radius 1 is 1.59 bits per heavy atom. The number of nitrogens with zero attached hydrogens (tertiary/aromatic N) is 2. The molecule has 1 aromatic rings. The van der Waals surface area contributed by atoms with Crippen LogP contribution in [0.5, 0.6) is 0 Å². The summed E-state index contributed by atoms with van der Waals surface area (Å²) in [5.74, 6) is -0.618. The molecule has 0 bridgehead atoms. The van der Waals surface area contributed by atoms with E-state index >= 15 is 0 Å². The van der Waals surface area contributed by atoms with Crippen molar-refractivity contribution in [1.82, 2.24) is 15.1 Å². The highest BCUT2D eigenvalue weighted by Gasteiger charge is 2.27. The second-order valence-corrected chi connectivity index (χ2v) is 4.28. The van der Waals surface area contributed by atoms with E-state index in [0.29, 0.717) is 5.69 Å². The maximum atomic E-state index is 11.8. The molecule has 0 unspecified atom stereocenters. The molecule has 1 amide bonds. The number of carbonyl (C=O) groups excluding carboxylic acids is 1. The number of carbonyl (C=O) groups is 1. The maximum absolute atomic E-state index is 11.8. The molecular formula is C8H11F3N4OS. The van der Waals surface area contributed by atoms with Crippen molar-refractivity contribution in [2.24, 2.45) is 0 Å². The molecule has 9 heteroatoms. The van der Waals surface area contributed by atoms with Crippen molar-refractivity contribution >= 4 is 23.4 Å². The van der Waals surface area contributed by atoms with E-state index in [2.05, 4.69) is 10.4 Å². The van der Waals surface area contributed by atoms with Crippen molar-refractivity contribution in [3.05, 3.63) is 12.4 Å². The zero-order valence-corrected chi connectivity index (χ0v) is 9.51. The molecule has 0 aromatic carbocycles. The average Bonchev–Trinajstić information content (AvgIpc) is 2.57. The van der Waals surface area contributed by atoms with Crippen LogP contribution >= 0.6 is 11.8 Å². The van der Waals surface area contributed by atoms with Crippen LogP contribution in [0.1, 0.15) is 0 Å². The zero-order valence-electron chi connectivity index (χ0n) is 8.70. The van der Waals surface area contributed by atoms with Crippen LogP contribution < -0.4 is 11.1 Å². The van der Waals surface area contributed by atoms with Crippen LogP contribution in [0.3, 0.4) is 0 Å². The third kappa shape index (κ3) is 6.05. The van der Waals surface area contributed by atoms with Crippen molar-refractivity contribution in [1.29, 1.82) is 0 Å². The predicted molar refractivity (Wildman–Crippen MR) is 58.2 cm³/mol. The first-order valence-electron chi connectivity index (χ1n) is 4.62. The van der Waals surface area contributed by atoms with Gasteiger partial charge in [0, 0.05) is 18.5 Å². The quantitative estimate of drug-likeness (QED) is 0.776. The lowest BCUT2D eigenvalue weighted by atomic mass is 10.5. The van der Waals surface area contributed by atoms with Crippen molar-refractivity contribution in [3.63, 3.8) is 0 Å². The van der Waals surface area contributed by atoms with Crippen LogP contribution in [-0.2, 0) is 11.3 Å². The summed E-state index contributed by atoms with van der Waals surface area (Å²) in [6.45, 7) is -0.104. The van der Waals surface area contributed by atoms with Crippen LogP contribution in [0.15, 0.2) is 12.4 Å². The van der Waals surface area contributed by atoms with E-state index in [0.717, 1.165) is 0 Å². The molecule has 5 nitrogen and oxygen atoms in total. The molecular weight excluding hydrogens is 257 g/mol. The molecule has 0 aliphatic rings. The molecule has 0 atom stereocenters. The number of amides is 1. The summed E-state index contributed by atoms with van der Waals surface area (Å²) >= 11 is -0.171. The van der Waals surface area contributed by atoms with Crippen molar-refractivity contribution in [3.8, 4) is 0 Å². The second-order valence-electron chi connectivity index (χ2n) is 3.12. The van der Waals surface area contributed by atoms with E-state index in [1.165, 1.54) is 17.1 Å².